The van der Waals surface area contributed by atoms with Crippen molar-refractivity contribution in [3.63, 3.8) is 0 Å². The van der Waals surface area contributed by atoms with E-state index >= 15 is 0 Å². The van der Waals surface area contributed by atoms with Gasteiger partial charge in [-0.3, -0.25) is 0 Å². The average molecular weight is 234 g/mol. The van der Waals surface area contributed by atoms with Crippen LogP contribution in [0.5, 0.6) is 0 Å². The number of rotatable bonds is 3. The molecule has 0 aromatic heterocycles. The Bertz CT molecular complexity index is 336. The highest BCUT2D eigenvalue weighted by molar-refractivity contribution is 5.81. The molecule has 2 bridgehead atoms. The predicted octanol–water partition coefficient (Wildman–Crippen LogP) is 3.18. The van der Waals surface area contributed by atoms with Crippen LogP contribution in [0, 0.1) is 29.6 Å². The summed E-state index contributed by atoms with van der Waals surface area (Å²) in [6, 6.07) is 0. The van der Waals surface area contributed by atoms with Crippen molar-refractivity contribution in [2.45, 2.75) is 45.1 Å². The summed E-state index contributed by atoms with van der Waals surface area (Å²) >= 11 is 0. The second kappa shape index (κ2) is 4.15. The SMILES string of the molecule is C=CC(=O)OC(C)C1CCC2C3CCC(C3)C21. The smallest absolute Gasteiger partial charge is 0.330 e. The van der Waals surface area contributed by atoms with Gasteiger partial charge < -0.3 is 4.74 Å². The van der Waals surface area contributed by atoms with E-state index in [-0.39, 0.29) is 12.1 Å². The summed E-state index contributed by atoms with van der Waals surface area (Å²) in [6.07, 6.45) is 8.32. The summed E-state index contributed by atoms with van der Waals surface area (Å²) in [5.74, 6) is 4.08. The summed E-state index contributed by atoms with van der Waals surface area (Å²) in [6.45, 7) is 5.54. The van der Waals surface area contributed by atoms with Crippen molar-refractivity contribution in [3.8, 4) is 0 Å². The third kappa shape index (κ3) is 1.73. The van der Waals surface area contributed by atoms with Gasteiger partial charge in [0.25, 0.3) is 0 Å². The zero-order chi connectivity index (χ0) is 12.0. The molecule has 3 rings (SSSR count). The fourth-order valence-corrected chi connectivity index (χ4v) is 4.99. The van der Waals surface area contributed by atoms with Crippen molar-refractivity contribution < 1.29 is 9.53 Å². The molecule has 0 heterocycles. The van der Waals surface area contributed by atoms with E-state index in [9.17, 15) is 4.79 Å². The minimum absolute atomic E-state index is 0.0786. The van der Waals surface area contributed by atoms with Crippen molar-refractivity contribution >= 4 is 5.97 Å². The van der Waals surface area contributed by atoms with Crippen LogP contribution in [0.1, 0.15) is 39.0 Å². The number of carbonyl (C=O) groups is 1. The third-order valence-corrected chi connectivity index (χ3v) is 5.56. The highest BCUT2D eigenvalue weighted by Crippen LogP contribution is 2.61. The van der Waals surface area contributed by atoms with Crippen LogP contribution in [0.3, 0.4) is 0 Å². The molecule has 0 aromatic rings. The second-order valence-corrected chi connectivity index (χ2v) is 6.16. The third-order valence-electron chi connectivity index (χ3n) is 5.56. The molecule has 2 heteroatoms. The van der Waals surface area contributed by atoms with Crippen molar-refractivity contribution in [2.24, 2.45) is 29.6 Å². The van der Waals surface area contributed by atoms with E-state index in [1.807, 2.05) is 0 Å². The Morgan fingerprint density at radius 2 is 2.06 bits per heavy atom. The van der Waals surface area contributed by atoms with Crippen molar-refractivity contribution in [2.75, 3.05) is 0 Å². The van der Waals surface area contributed by atoms with E-state index in [4.69, 9.17) is 4.74 Å². The normalized spacial score (nSPS) is 44.4. The van der Waals surface area contributed by atoms with Crippen LogP contribution in [0.25, 0.3) is 0 Å². The molecule has 0 saturated heterocycles. The van der Waals surface area contributed by atoms with E-state index < -0.39 is 0 Å². The quantitative estimate of drug-likeness (QED) is 0.554. The molecule has 3 fully saturated rings. The molecule has 0 aliphatic heterocycles. The lowest BCUT2D eigenvalue weighted by Gasteiger charge is -2.31. The van der Waals surface area contributed by atoms with Gasteiger partial charge in [-0.1, -0.05) is 6.58 Å². The van der Waals surface area contributed by atoms with Crippen LogP contribution < -0.4 is 0 Å². The van der Waals surface area contributed by atoms with Crippen LogP contribution in [-0.2, 0) is 9.53 Å². The Kier molecular flexibility index (Phi) is 2.76. The second-order valence-electron chi connectivity index (χ2n) is 6.16. The van der Waals surface area contributed by atoms with Gasteiger partial charge in [-0.25, -0.2) is 4.79 Å². The van der Waals surface area contributed by atoms with Crippen LogP contribution in [-0.4, -0.2) is 12.1 Å². The molecular weight excluding hydrogens is 212 g/mol. The zero-order valence-electron chi connectivity index (χ0n) is 10.6. The number of hydrogen-bond acceptors (Lipinski definition) is 2. The van der Waals surface area contributed by atoms with E-state index in [1.54, 1.807) is 0 Å². The topological polar surface area (TPSA) is 26.3 Å². The molecule has 94 valence electrons. The molecule has 6 unspecified atom stereocenters. The van der Waals surface area contributed by atoms with Gasteiger partial charge in [-0.05, 0) is 68.6 Å². The largest absolute Gasteiger partial charge is 0.459 e. The minimum atomic E-state index is -0.260. The highest BCUT2D eigenvalue weighted by atomic mass is 16.5. The first-order valence-corrected chi connectivity index (χ1v) is 7.03. The first kappa shape index (κ1) is 11.3. The molecule has 0 aromatic carbocycles. The maximum absolute atomic E-state index is 11.3. The van der Waals surface area contributed by atoms with Gasteiger partial charge in [0, 0.05) is 6.08 Å². The first-order chi connectivity index (χ1) is 8.20. The van der Waals surface area contributed by atoms with Crippen LogP contribution in [0.2, 0.25) is 0 Å². The van der Waals surface area contributed by atoms with Gasteiger partial charge in [-0.2, -0.15) is 0 Å². The molecule has 0 N–H and O–H groups in total. The van der Waals surface area contributed by atoms with E-state index in [0.29, 0.717) is 5.92 Å². The number of ether oxygens (including phenoxy) is 1. The predicted molar refractivity (Wildman–Crippen MR) is 66.3 cm³/mol. The van der Waals surface area contributed by atoms with Gasteiger partial charge in [0.2, 0.25) is 0 Å². The zero-order valence-corrected chi connectivity index (χ0v) is 10.6. The highest BCUT2D eigenvalue weighted by Gasteiger charge is 2.54. The Morgan fingerprint density at radius 1 is 1.29 bits per heavy atom. The fraction of sp³-hybridized carbons (Fsp3) is 0.800. The summed E-state index contributed by atoms with van der Waals surface area (Å²) in [5.41, 5.74) is 0. The molecule has 0 spiro atoms. The Morgan fingerprint density at radius 3 is 2.82 bits per heavy atom. The summed E-state index contributed by atoms with van der Waals surface area (Å²) in [7, 11) is 0. The Labute approximate surface area is 103 Å². The molecule has 0 amide bonds. The van der Waals surface area contributed by atoms with Gasteiger partial charge >= 0.3 is 5.97 Å². The van der Waals surface area contributed by atoms with Gasteiger partial charge in [0.1, 0.15) is 6.10 Å². The Hall–Kier alpha value is -0.790. The molecule has 17 heavy (non-hydrogen) atoms. The molecule has 3 aliphatic carbocycles. The average Bonchev–Trinajstić information content (AvgIpc) is 3.00. The van der Waals surface area contributed by atoms with E-state index in [2.05, 4.69) is 13.5 Å². The van der Waals surface area contributed by atoms with Gasteiger partial charge in [0.15, 0.2) is 0 Å². The minimum Gasteiger partial charge on any atom is -0.459 e. The first-order valence-electron chi connectivity index (χ1n) is 7.03. The standard InChI is InChI=1S/C15H22O2/c1-3-14(16)17-9(2)12-6-7-13-10-4-5-11(8-10)15(12)13/h3,9-13,15H,1,4-8H2,2H3. The molecule has 2 nitrogen and oxygen atoms in total. The number of esters is 1. The summed E-state index contributed by atoms with van der Waals surface area (Å²) in [4.78, 5) is 11.3. The lowest BCUT2D eigenvalue weighted by molar-refractivity contribution is -0.145. The van der Waals surface area contributed by atoms with Crippen molar-refractivity contribution in [1.29, 1.82) is 0 Å². The lowest BCUT2D eigenvalue weighted by Crippen LogP contribution is -2.31. The molecular formula is C15H22O2. The summed E-state index contributed by atoms with van der Waals surface area (Å²) < 4.78 is 5.44. The van der Waals surface area contributed by atoms with E-state index in [1.165, 1.54) is 38.2 Å². The molecule has 3 aliphatic rings. The van der Waals surface area contributed by atoms with Crippen LogP contribution >= 0.6 is 0 Å². The van der Waals surface area contributed by atoms with Gasteiger partial charge in [-0.15, -0.1) is 0 Å². The monoisotopic (exact) mass is 234 g/mol. The maximum atomic E-state index is 11.3. The molecule has 0 radical (unpaired) electrons. The van der Waals surface area contributed by atoms with Crippen LogP contribution in [0.15, 0.2) is 12.7 Å². The molecule has 3 saturated carbocycles. The Balaban J connectivity index is 1.68. The van der Waals surface area contributed by atoms with E-state index in [0.717, 1.165) is 23.7 Å². The number of hydrogen-bond donors (Lipinski definition) is 0. The van der Waals surface area contributed by atoms with Crippen molar-refractivity contribution in [1.82, 2.24) is 0 Å². The lowest BCUT2D eigenvalue weighted by atomic mass is 9.76. The molecule has 6 atom stereocenters. The number of carbonyl (C=O) groups excluding carboxylic acids is 1. The van der Waals surface area contributed by atoms with Crippen LogP contribution in [0.4, 0.5) is 0 Å². The van der Waals surface area contributed by atoms with Gasteiger partial charge in [0.05, 0.1) is 0 Å². The fourth-order valence-electron chi connectivity index (χ4n) is 4.99. The maximum Gasteiger partial charge on any atom is 0.330 e. The number of fused-ring (bicyclic) bond motifs is 5. The van der Waals surface area contributed by atoms with Crippen molar-refractivity contribution in [3.05, 3.63) is 12.7 Å². The summed E-state index contributed by atoms with van der Waals surface area (Å²) in [5, 5.41) is 0.